The van der Waals surface area contributed by atoms with Gasteiger partial charge in [0.25, 0.3) is 11.8 Å². The molecule has 3 aliphatic heterocycles. The van der Waals surface area contributed by atoms with Gasteiger partial charge in [0.15, 0.2) is 0 Å². The zero-order valence-corrected chi connectivity index (χ0v) is 32.2. The van der Waals surface area contributed by atoms with E-state index in [0.29, 0.717) is 48.1 Å². The molecule has 3 saturated heterocycles. The minimum absolute atomic E-state index is 0.0445. The van der Waals surface area contributed by atoms with E-state index in [1.165, 1.54) is 5.56 Å². The Morgan fingerprint density at radius 1 is 0.825 bits per heavy atom. The number of phenols is 1. The highest BCUT2D eigenvalue weighted by Gasteiger charge is 2.70. The van der Waals surface area contributed by atoms with E-state index in [1.54, 1.807) is 11.0 Å². The van der Waals surface area contributed by atoms with Gasteiger partial charge in [0.2, 0.25) is 11.8 Å². The van der Waals surface area contributed by atoms with Crippen molar-refractivity contribution in [3.63, 3.8) is 0 Å². The van der Waals surface area contributed by atoms with Crippen molar-refractivity contribution in [2.45, 2.75) is 62.9 Å². The molecule has 9 heteroatoms. The summed E-state index contributed by atoms with van der Waals surface area (Å²) in [5.74, 6) is -4.47. The fourth-order valence-electron chi connectivity index (χ4n) is 10.8. The van der Waals surface area contributed by atoms with Gasteiger partial charge in [-0.05, 0) is 73.8 Å². The van der Waals surface area contributed by atoms with E-state index in [9.17, 15) is 19.5 Å². The molecule has 6 atom stereocenters. The van der Waals surface area contributed by atoms with Crippen molar-refractivity contribution in [2.24, 2.45) is 23.7 Å². The number of hydrogen-bond donors (Lipinski definition) is 2. The molecule has 2 aliphatic carbocycles. The molecule has 290 valence electrons. The molecule has 5 aliphatic rings. The van der Waals surface area contributed by atoms with E-state index in [0.717, 1.165) is 35.8 Å². The molecule has 4 fully saturated rings. The first-order valence-corrected chi connectivity index (χ1v) is 20.2. The van der Waals surface area contributed by atoms with Crippen LogP contribution in [0.4, 0.5) is 5.69 Å². The summed E-state index contributed by atoms with van der Waals surface area (Å²) in [6.45, 7) is 8.26. The van der Waals surface area contributed by atoms with Crippen LogP contribution in [-0.4, -0.2) is 62.7 Å². The predicted octanol–water partition coefficient (Wildman–Crippen LogP) is 7.08. The van der Waals surface area contributed by atoms with Crippen molar-refractivity contribution in [2.75, 3.05) is 18.5 Å². The van der Waals surface area contributed by atoms with Gasteiger partial charge < -0.3 is 5.11 Å². The molecular weight excluding hydrogens is 713 g/mol. The lowest BCUT2D eigenvalue weighted by molar-refractivity contribution is -0.144. The summed E-state index contributed by atoms with van der Waals surface area (Å²) >= 11 is 0. The van der Waals surface area contributed by atoms with Crippen molar-refractivity contribution in [3.05, 3.63) is 155 Å². The fraction of sp³-hybridized carbons (Fsp3) is 0.333. The Bertz CT molecular complexity index is 2260. The van der Waals surface area contributed by atoms with Crippen LogP contribution in [0.2, 0.25) is 0 Å². The number of hydrazine groups is 1. The normalized spacial score (nSPS) is 27.5. The molecule has 0 aromatic heterocycles. The molecule has 1 saturated carbocycles. The number of benzene rings is 4. The lowest BCUT2D eigenvalue weighted by Crippen LogP contribution is -2.53. The first-order chi connectivity index (χ1) is 27.7. The van der Waals surface area contributed by atoms with Gasteiger partial charge in [-0.2, -0.15) is 5.01 Å². The summed E-state index contributed by atoms with van der Waals surface area (Å²) in [7, 11) is 0. The van der Waals surface area contributed by atoms with Gasteiger partial charge >= 0.3 is 0 Å². The van der Waals surface area contributed by atoms with Crippen molar-refractivity contribution >= 4 is 29.3 Å². The molecule has 4 aromatic rings. The van der Waals surface area contributed by atoms with E-state index in [4.69, 9.17) is 0 Å². The van der Waals surface area contributed by atoms with Crippen LogP contribution in [0.3, 0.4) is 0 Å². The van der Waals surface area contributed by atoms with E-state index in [-0.39, 0.29) is 30.0 Å². The van der Waals surface area contributed by atoms with Gasteiger partial charge in [0, 0.05) is 37.2 Å². The Morgan fingerprint density at radius 3 is 2.23 bits per heavy atom. The third kappa shape index (κ3) is 5.93. The minimum atomic E-state index is -1.45. The van der Waals surface area contributed by atoms with E-state index in [2.05, 4.69) is 35.1 Å². The molecule has 0 spiro atoms. The number of likely N-dealkylation sites (tertiary alicyclic amines) is 2. The smallest absolute Gasteiger partial charge is 0.260 e. The number of hydrogen-bond acceptors (Lipinski definition) is 7. The SMILES string of the molecule is C=CCc1cccc([C@H]2C3=CC[C@@H]4C(=O)N(C5CCN(Cc6ccccc6)CC5)C(=O)[C@@H]4[C@@H]3C[C@H]3C(=O)N(Nc4ccc(C)cc4)C(=O)[C@@]23c2ccccc2)c1O. The third-order valence-corrected chi connectivity index (χ3v) is 13.4. The summed E-state index contributed by atoms with van der Waals surface area (Å²) in [5, 5.41) is 13.3. The Hall–Kier alpha value is -5.80. The number of amides is 4. The van der Waals surface area contributed by atoms with Crippen LogP contribution in [0.15, 0.2) is 127 Å². The van der Waals surface area contributed by atoms with Crippen molar-refractivity contribution in [3.8, 4) is 5.75 Å². The summed E-state index contributed by atoms with van der Waals surface area (Å²) in [5.41, 5.74) is 7.25. The number of nitrogens with zero attached hydrogens (tertiary/aromatic N) is 3. The molecule has 3 heterocycles. The first-order valence-electron chi connectivity index (χ1n) is 20.2. The minimum Gasteiger partial charge on any atom is -0.507 e. The average Bonchev–Trinajstić information content (AvgIpc) is 3.61. The number of imide groups is 2. The molecule has 9 nitrogen and oxygen atoms in total. The number of phenolic OH excluding ortho intramolecular Hbond substituents is 1. The molecular formula is C48H48N4O5. The van der Waals surface area contributed by atoms with Gasteiger partial charge in [0.1, 0.15) is 5.75 Å². The number of anilines is 1. The van der Waals surface area contributed by atoms with Crippen LogP contribution in [0, 0.1) is 30.6 Å². The predicted molar refractivity (Wildman–Crippen MR) is 217 cm³/mol. The zero-order valence-electron chi connectivity index (χ0n) is 32.2. The average molecular weight is 761 g/mol. The lowest BCUT2D eigenvalue weighted by Gasteiger charge is -2.50. The number of fused-ring (bicyclic) bond motifs is 4. The van der Waals surface area contributed by atoms with Crippen LogP contribution < -0.4 is 5.43 Å². The molecule has 2 N–H and O–H groups in total. The number of para-hydroxylation sites is 1. The number of carbonyl (C=O) groups is 4. The summed E-state index contributed by atoms with van der Waals surface area (Å²) in [4.78, 5) is 63.7. The monoisotopic (exact) mass is 760 g/mol. The van der Waals surface area contributed by atoms with E-state index >= 15 is 4.79 Å². The largest absolute Gasteiger partial charge is 0.507 e. The maximum atomic E-state index is 15.5. The maximum absolute atomic E-state index is 15.5. The second-order valence-electron chi connectivity index (χ2n) is 16.5. The molecule has 9 rings (SSSR count). The Balaban J connectivity index is 1.12. The van der Waals surface area contributed by atoms with Gasteiger partial charge in [-0.25, -0.2) is 0 Å². The standard InChI is InChI=1S/C48H48N4O5/c1-3-11-32-14-10-17-38(43(32)53)42-36-22-23-37-41(46(56)51(44(37)54)35-24-26-50(27-25-35)29-31-12-6-4-7-13-31)39(36)28-40-45(55)52(49-34-20-18-30(2)19-21-34)47(57)48(40,42)33-15-8-5-9-16-33/h3-10,12-22,35,37,39-42,49,53H,1,11,23-29H2,2H3/t37-,39+,40-,41-,42+,48+/m0/s1. The summed E-state index contributed by atoms with van der Waals surface area (Å²) < 4.78 is 0. The number of aryl methyl sites for hydroxylation is 1. The number of allylic oxidation sites excluding steroid dienone is 3. The molecule has 0 unspecified atom stereocenters. The van der Waals surface area contributed by atoms with E-state index in [1.807, 2.05) is 97.9 Å². The van der Waals surface area contributed by atoms with Gasteiger partial charge in [0.05, 0.1) is 28.9 Å². The van der Waals surface area contributed by atoms with Crippen LogP contribution in [0.1, 0.15) is 59.4 Å². The zero-order chi connectivity index (χ0) is 39.4. The van der Waals surface area contributed by atoms with E-state index < -0.39 is 46.8 Å². The Morgan fingerprint density at radius 2 is 1.53 bits per heavy atom. The Labute approximate surface area is 333 Å². The quantitative estimate of drug-likeness (QED) is 0.139. The van der Waals surface area contributed by atoms with Crippen molar-refractivity contribution in [1.29, 1.82) is 0 Å². The second kappa shape index (κ2) is 14.6. The van der Waals surface area contributed by atoms with Crippen molar-refractivity contribution < 1.29 is 24.3 Å². The molecule has 4 amide bonds. The molecule has 0 bridgehead atoms. The first kappa shape index (κ1) is 36.8. The van der Waals surface area contributed by atoms with Gasteiger partial charge in [-0.15, -0.1) is 6.58 Å². The highest BCUT2D eigenvalue weighted by Crippen LogP contribution is 2.65. The number of nitrogens with one attached hydrogen (secondary N) is 1. The summed E-state index contributed by atoms with van der Waals surface area (Å²) in [6, 6.07) is 32.6. The lowest BCUT2D eigenvalue weighted by atomic mass is 9.49. The molecule has 4 aromatic carbocycles. The Kier molecular flexibility index (Phi) is 9.44. The highest BCUT2D eigenvalue weighted by molar-refractivity contribution is 6.13. The molecule has 57 heavy (non-hydrogen) atoms. The fourth-order valence-corrected chi connectivity index (χ4v) is 10.8. The second-order valence-corrected chi connectivity index (χ2v) is 16.5. The molecule has 0 radical (unpaired) electrons. The highest BCUT2D eigenvalue weighted by atomic mass is 16.3. The van der Waals surface area contributed by atoms with Crippen LogP contribution in [0.25, 0.3) is 0 Å². The van der Waals surface area contributed by atoms with Gasteiger partial charge in [-0.3, -0.25) is 34.4 Å². The topological polar surface area (TPSA) is 110 Å². The third-order valence-electron chi connectivity index (χ3n) is 13.4. The van der Waals surface area contributed by atoms with Crippen LogP contribution >= 0.6 is 0 Å². The number of carbonyl (C=O) groups excluding carboxylic acids is 4. The van der Waals surface area contributed by atoms with Crippen LogP contribution in [0.5, 0.6) is 5.75 Å². The van der Waals surface area contributed by atoms with Crippen molar-refractivity contribution in [1.82, 2.24) is 14.8 Å². The van der Waals surface area contributed by atoms with Crippen LogP contribution in [-0.2, 0) is 37.6 Å². The number of aromatic hydroxyl groups is 1. The number of rotatable bonds is 9. The maximum Gasteiger partial charge on any atom is 0.260 e. The summed E-state index contributed by atoms with van der Waals surface area (Å²) in [6.07, 6.45) is 6.15. The van der Waals surface area contributed by atoms with Gasteiger partial charge in [-0.1, -0.05) is 114 Å². The number of piperidine rings is 1.